The van der Waals surface area contributed by atoms with E-state index in [1.54, 1.807) is 19.6 Å². The van der Waals surface area contributed by atoms with E-state index in [1.165, 1.54) is 4.52 Å². The van der Waals surface area contributed by atoms with Crippen molar-refractivity contribution >= 4 is 11.4 Å². The molecule has 0 saturated heterocycles. The maximum absolute atomic E-state index is 12.7. The number of aromatic nitrogens is 5. The monoisotopic (exact) mass is 338 g/mol. The Labute approximate surface area is 145 Å². The van der Waals surface area contributed by atoms with E-state index in [0.717, 1.165) is 34.8 Å². The molecule has 3 heterocycles. The number of aromatic amines is 1. The maximum Gasteiger partial charge on any atom is 0.276 e. The molecule has 0 unspecified atom stereocenters. The molecule has 7 nitrogen and oxygen atoms in total. The Kier molecular flexibility index (Phi) is 4.65. The minimum absolute atomic E-state index is 0.0411. The van der Waals surface area contributed by atoms with Crippen LogP contribution in [0.3, 0.4) is 0 Å². The molecule has 0 fully saturated rings. The van der Waals surface area contributed by atoms with Crippen LogP contribution < -0.4 is 5.56 Å². The third kappa shape index (κ3) is 2.82. The zero-order valence-electron chi connectivity index (χ0n) is 14.9. The van der Waals surface area contributed by atoms with E-state index < -0.39 is 0 Å². The third-order valence-corrected chi connectivity index (χ3v) is 4.20. The average Bonchev–Trinajstić information content (AvgIpc) is 3.26. The fourth-order valence-corrected chi connectivity index (χ4v) is 2.94. The summed E-state index contributed by atoms with van der Waals surface area (Å²) >= 11 is 0. The zero-order valence-corrected chi connectivity index (χ0v) is 14.9. The molecule has 0 bridgehead atoms. The van der Waals surface area contributed by atoms with Gasteiger partial charge >= 0.3 is 0 Å². The molecule has 0 saturated carbocycles. The molecule has 130 valence electrons. The van der Waals surface area contributed by atoms with Crippen LogP contribution in [0.5, 0.6) is 0 Å². The standard InChI is InChI=1S/C18H22N6O/c1-5-8-14(19-4)15-10-23(11-20-15)16-9-21-24-17(16)22-13(7-3)12(6-2)18(24)25/h5,8-11,21H,6-7H2,1-4H3. The van der Waals surface area contributed by atoms with E-state index >= 15 is 0 Å². The predicted octanol–water partition coefficient (Wildman–Crippen LogP) is 2.33. The van der Waals surface area contributed by atoms with Crippen molar-refractivity contribution in [1.29, 1.82) is 0 Å². The summed E-state index contributed by atoms with van der Waals surface area (Å²) in [7, 11) is 1.74. The molecular formula is C18H22N6O. The lowest BCUT2D eigenvalue weighted by Crippen LogP contribution is -2.22. The molecule has 0 radical (unpaired) electrons. The van der Waals surface area contributed by atoms with Crippen molar-refractivity contribution in [1.82, 2.24) is 24.1 Å². The van der Waals surface area contributed by atoms with Crippen molar-refractivity contribution in [3.63, 3.8) is 0 Å². The average molecular weight is 338 g/mol. The SMILES string of the molecule is CC=CC(=NC)c1cn(-c2c[nH]n3c(=O)c(CC)c(CC)nc23)cn1. The molecule has 1 N–H and O–H groups in total. The first-order chi connectivity index (χ1) is 12.1. The van der Waals surface area contributed by atoms with Crippen LogP contribution >= 0.6 is 0 Å². The molecule has 7 heteroatoms. The van der Waals surface area contributed by atoms with Gasteiger partial charge in [0.2, 0.25) is 0 Å². The largest absolute Gasteiger partial charge is 0.301 e. The van der Waals surface area contributed by atoms with Gasteiger partial charge in [-0.25, -0.2) is 9.97 Å². The van der Waals surface area contributed by atoms with Crippen molar-refractivity contribution in [3.05, 3.63) is 58.2 Å². The second-order valence-corrected chi connectivity index (χ2v) is 5.64. The van der Waals surface area contributed by atoms with E-state index in [2.05, 4.69) is 15.1 Å². The number of hydrogen-bond donors (Lipinski definition) is 1. The van der Waals surface area contributed by atoms with E-state index in [0.29, 0.717) is 12.1 Å². The highest BCUT2D eigenvalue weighted by Gasteiger charge is 2.15. The van der Waals surface area contributed by atoms with Crippen molar-refractivity contribution in [3.8, 4) is 5.69 Å². The zero-order chi connectivity index (χ0) is 18.0. The summed E-state index contributed by atoms with van der Waals surface area (Å²) < 4.78 is 3.35. The molecule has 25 heavy (non-hydrogen) atoms. The summed E-state index contributed by atoms with van der Waals surface area (Å²) in [4.78, 5) is 26.0. The lowest BCUT2D eigenvalue weighted by molar-refractivity contribution is 0.835. The van der Waals surface area contributed by atoms with E-state index in [1.807, 2.05) is 43.7 Å². The Hall–Kier alpha value is -2.96. The van der Waals surface area contributed by atoms with E-state index in [9.17, 15) is 4.79 Å². The first kappa shape index (κ1) is 16.9. The summed E-state index contributed by atoms with van der Waals surface area (Å²) in [6, 6.07) is 0. The summed E-state index contributed by atoms with van der Waals surface area (Å²) in [6.45, 7) is 5.93. The number of hydrogen-bond acceptors (Lipinski definition) is 4. The van der Waals surface area contributed by atoms with Crippen LogP contribution in [0.1, 0.15) is 37.7 Å². The van der Waals surface area contributed by atoms with Crippen LogP contribution in [0.4, 0.5) is 0 Å². The number of nitrogens with zero attached hydrogens (tertiary/aromatic N) is 5. The van der Waals surface area contributed by atoms with Crippen molar-refractivity contribution in [2.24, 2.45) is 4.99 Å². The van der Waals surface area contributed by atoms with Gasteiger partial charge in [0.25, 0.3) is 5.56 Å². The van der Waals surface area contributed by atoms with Gasteiger partial charge in [0.1, 0.15) is 17.7 Å². The minimum atomic E-state index is -0.0411. The van der Waals surface area contributed by atoms with Crippen molar-refractivity contribution < 1.29 is 0 Å². The van der Waals surface area contributed by atoms with Crippen LogP contribution in [0.2, 0.25) is 0 Å². The topological polar surface area (TPSA) is 80.3 Å². The first-order valence-electron chi connectivity index (χ1n) is 8.40. The predicted molar refractivity (Wildman–Crippen MR) is 99.0 cm³/mol. The van der Waals surface area contributed by atoms with Crippen LogP contribution in [0, 0.1) is 0 Å². The molecule has 0 atom stereocenters. The number of aryl methyl sites for hydroxylation is 1. The first-order valence-corrected chi connectivity index (χ1v) is 8.40. The number of fused-ring (bicyclic) bond motifs is 1. The van der Waals surface area contributed by atoms with Gasteiger partial charge in [-0.3, -0.25) is 14.9 Å². The number of imidazole rings is 1. The van der Waals surface area contributed by atoms with Gasteiger partial charge in [0, 0.05) is 25.0 Å². The summed E-state index contributed by atoms with van der Waals surface area (Å²) in [5.74, 6) is 0. The number of nitrogens with one attached hydrogen (secondary N) is 1. The molecule has 0 spiro atoms. The third-order valence-electron chi connectivity index (χ3n) is 4.20. The normalized spacial score (nSPS) is 12.6. The van der Waals surface area contributed by atoms with Gasteiger partial charge in [-0.2, -0.15) is 4.52 Å². The molecule has 3 rings (SSSR count). The molecular weight excluding hydrogens is 316 g/mol. The maximum atomic E-state index is 12.7. The van der Waals surface area contributed by atoms with Gasteiger partial charge < -0.3 is 4.57 Å². The highest BCUT2D eigenvalue weighted by atomic mass is 16.1. The highest BCUT2D eigenvalue weighted by Crippen LogP contribution is 2.16. The van der Waals surface area contributed by atoms with Crippen molar-refractivity contribution in [2.75, 3.05) is 7.05 Å². The Morgan fingerprint density at radius 2 is 2.16 bits per heavy atom. The fraction of sp³-hybridized carbons (Fsp3) is 0.333. The molecule has 0 aliphatic heterocycles. The van der Waals surface area contributed by atoms with Crippen LogP contribution in [0.25, 0.3) is 11.3 Å². The molecule has 0 aliphatic carbocycles. The molecule has 3 aromatic rings. The van der Waals surface area contributed by atoms with Gasteiger partial charge in [-0.05, 0) is 25.8 Å². The Bertz CT molecular complexity index is 1020. The van der Waals surface area contributed by atoms with Crippen LogP contribution in [-0.4, -0.2) is 36.9 Å². The number of allylic oxidation sites excluding steroid dienone is 2. The summed E-state index contributed by atoms with van der Waals surface area (Å²) in [6.07, 6.45) is 10.6. The van der Waals surface area contributed by atoms with E-state index in [4.69, 9.17) is 4.98 Å². The molecule has 0 amide bonds. The smallest absolute Gasteiger partial charge is 0.276 e. The molecule has 0 aromatic carbocycles. The molecule has 0 aliphatic rings. The number of H-pyrrole nitrogens is 1. The van der Waals surface area contributed by atoms with Gasteiger partial charge in [0.05, 0.1) is 11.4 Å². The van der Waals surface area contributed by atoms with E-state index in [-0.39, 0.29) is 5.56 Å². The highest BCUT2D eigenvalue weighted by molar-refractivity contribution is 6.07. The second kappa shape index (κ2) is 6.88. The Balaban J connectivity index is 2.16. The van der Waals surface area contributed by atoms with Gasteiger partial charge in [-0.15, -0.1) is 0 Å². The lowest BCUT2D eigenvalue weighted by atomic mass is 10.1. The number of rotatable bonds is 5. The van der Waals surface area contributed by atoms with Crippen molar-refractivity contribution in [2.45, 2.75) is 33.6 Å². The van der Waals surface area contributed by atoms with Crippen LogP contribution in [0.15, 0.2) is 40.7 Å². The Morgan fingerprint density at radius 3 is 2.80 bits per heavy atom. The molecule has 3 aromatic heterocycles. The second-order valence-electron chi connectivity index (χ2n) is 5.64. The van der Waals surface area contributed by atoms with Gasteiger partial charge in [0.15, 0.2) is 5.65 Å². The Morgan fingerprint density at radius 1 is 1.36 bits per heavy atom. The number of aliphatic imine (C=N–C) groups is 1. The summed E-state index contributed by atoms with van der Waals surface area (Å²) in [5.41, 5.74) is 4.51. The van der Waals surface area contributed by atoms with Crippen LogP contribution in [-0.2, 0) is 12.8 Å². The minimum Gasteiger partial charge on any atom is -0.301 e. The fourth-order valence-electron chi connectivity index (χ4n) is 2.94. The quantitative estimate of drug-likeness (QED) is 0.725. The van der Waals surface area contributed by atoms with Gasteiger partial charge in [-0.1, -0.05) is 19.9 Å². The summed E-state index contributed by atoms with van der Waals surface area (Å²) in [5, 5.41) is 3.01. The lowest BCUT2D eigenvalue weighted by Gasteiger charge is -2.06.